The Morgan fingerprint density at radius 3 is 2.48 bits per heavy atom. The molecule has 0 radical (unpaired) electrons. The first-order chi connectivity index (χ1) is 11.0. The van der Waals surface area contributed by atoms with Crippen LogP contribution in [0.1, 0.15) is 21.5 Å². The van der Waals surface area contributed by atoms with Gasteiger partial charge in [0, 0.05) is 10.2 Å². The predicted octanol–water partition coefficient (Wildman–Crippen LogP) is 2.94. The van der Waals surface area contributed by atoms with E-state index in [0.717, 1.165) is 16.8 Å². The van der Waals surface area contributed by atoms with E-state index >= 15 is 0 Å². The van der Waals surface area contributed by atoms with Crippen molar-refractivity contribution in [1.82, 2.24) is 10.9 Å². The van der Waals surface area contributed by atoms with Crippen molar-refractivity contribution in [3.63, 3.8) is 0 Å². The molecule has 0 aliphatic heterocycles. The largest absolute Gasteiger partial charge is 0.376 e. The molecule has 23 heavy (non-hydrogen) atoms. The third-order valence-electron chi connectivity index (χ3n) is 3.48. The molecule has 0 saturated carbocycles. The van der Waals surface area contributed by atoms with Crippen LogP contribution >= 0.6 is 15.9 Å². The van der Waals surface area contributed by atoms with E-state index in [0.29, 0.717) is 10.0 Å². The van der Waals surface area contributed by atoms with Crippen LogP contribution in [0.2, 0.25) is 0 Å². The van der Waals surface area contributed by atoms with Gasteiger partial charge in [0.25, 0.3) is 11.8 Å². The van der Waals surface area contributed by atoms with Crippen molar-refractivity contribution < 1.29 is 9.59 Å². The zero-order valence-corrected chi connectivity index (χ0v) is 14.5. The molecule has 5 nitrogen and oxygen atoms in total. The Bertz CT molecular complexity index is 732. The Kier molecular flexibility index (Phi) is 5.76. The number of hydrazine groups is 1. The molecule has 0 aliphatic rings. The maximum absolute atomic E-state index is 12.0. The number of nitrogens with one attached hydrogen (secondary N) is 3. The summed E-state index contributed by atoms with van der Waals surface area (Å²) in [5, 5.41) is 3.06. The molecule has 0 fully saturated rings. The van der Waals surface area contributed by atoms with Gasteiger partial charge in [-0.3, -0.25) is 20.4 Å². The molecule has 0 bridgehead atoms. The second-order valence-corrected chi connectivity index (χ2v) is 5.94. The lowest BCUT2D eigenvalue weighted by Crippen LogP contribution is -2.44. The average Bonchev–Trinajstić information content (AvgIpc) is 2.54. The summed E-state index contributed by atoms with van der Waals surface area (Å²) in [7, 11) is 0. The molecule has 0 spiro atoms. The summed E-state index contributed by atoms with van der Waals surface area (Å²) in [5.74, 6) is -0.705. The van der Waals surface area contributed by atoms with Crippen molar-refractivity contribution in [2.75, 3.05) is 11.9 Å². The van der Waals surface area contributed by atoms with Crippen LogP contribution < -0.4 is 16.2 Å². The number of rotatable bonds is 4. The van der Waals surface area contributed by atoms with Crippen molar-refractivity contribution in [2.24, 2.45) is 0 Å². The van der Waals surface area contributed by atoms with Gasteiger partial charge in [0.2, 0.25) is 0 Å². The smallest absolute Gasteiger partial charge is 0.270 e. The summed E-state index contributed by atoms with van der Waals surface area (Å²) < 4.78 is 0.667. The van der Waals surface area contributed by atoms with Crippen LogP contribution in [-0.4, -0.2) is 18.4 Å². The fraction of sp³-hybridized carbons (Fsp3) is 0.176. The molecular weight excluding hydrogens is 358 g/mol. The van der Waals surface area contributed by atoms with Crippen LogP contribution in [0, 0.1) is 13.8 Å². The van der Waals surface area contributed by atoms with Crippen molar-refractivity contribution in [3.05, 3.63) is 63.6 Å². The van der Waals surface area contributed by atoms with Crippen LogP contribution in [0.5, 0.6) is 0 Å². The third-order valence-corrected chi connectivity index (χ3v) is 4.17. The third kappa shape index (κ3) is 4.56. The molecule has 3 N–H and O–H groups in total. The molecule has 0 unspecified atom stereocenters. The first-order valence-corrected chi connectivity index (χ1v) is 7.92. The molecule has 0 aliphatic carbocycles. The van der Waals surface area contributed by atoms with E-state index in [1.165, 1.54) is 0 Å². The molecule has 0 saturated heterocycles. The van der Waals surface area contributed by atoms with E-state index in [2.05, 4.69) is 32.1 Å². The standard InChI is InChI=1S/C17H18BrN3O2/c1-11-6-5-9-15(12(11)2)19-10-16(22)20-21-17(23)13-7-3-4-8-14(13)18/h3-9,19H,10H2,1-2H3,(H,20,22)(H,21,23). The van der Waals surface area contributed by atoms with E-state index in [9.17, 15) is 9.59 Å². The van der Waals surface area contributed by atoms with E-state index < -0.39 is 0 Å². The summed E-state index contributed by atoms with van der Waals surface area (Å²) in [6, 6.07) is 12.8. The van der Waals surface area contributed by atoms with Gasteiger partial charge in [-0.15, -0.1) is 0 Å². The van der Waals surface area contributed by atoms with Gasteiger partial charge in [0.05, 0.1) is 12.1 Å². The minimum absolute atomic E-state index is 0.0700. The van der Waals surface area contributed by atoms with Crippen molar-refractivity contribution in [1.29, 1.82) is 0 Å². The van der Waals surface area contributed by atoms with Gasteiger partial charge < -0.3 is 5.32 Å². The number of anilines is 1. The number of carbonyl (C=O) groups is 2. The molecule has 0 heterocycles. The van der Waals surface area contributed by atoms with Gasteiger partial charge in [0.15, 0.2) is 0 Å². The van der Waals surface area contributed by atoms with E-state index in [1.54, 1.807) is 18.2 Å². The molecule has 0 atom stereocenters. The maximum Gasteiger partial charge on any atom is 0.270 e. The van der Waals surface area contributed by atoms with Crippen molar-refractivity contribution in [3.8, 4) is 0 Å². The van der Waals surface area contributed by atoms with Crippen LogP contribution in [0.4, 0.5) is 5.69 Å². The molecule has 2 amide bonds. The van der Waals surface area contributed by atoms with Gasteiger partial charge >= 0.3 is 0 Å². The molecular formula is C17H18BrN3O2. The molecule has 6 heteroatoms. The highest BCUT2D eigenvalue weighted by atomic mass is 79.9. The summed E-state index contributed by atoms with van der Waals surface area (Å²) in [6.45, 7) is 4.07. The summed E-state index contributed by atoms with van der Waals surface area (Å²) >= 11 is 3.29. The zero-order chi connectivity index (χ0) is 16.8. The van der Waals surface area contributed by atoms with Crippen LogP contribution in [0.15, 0.2) is 46.9 Å². The first-order valence-electron chi connectivity index (χ1n) is 7.13. The number of benzene rings is 2. The molecule has 2 rings (SSSR count). The SMILES string of the molecule is Cc1cccc(NCC(=O)NNC(=O)c2ccccc2Br)c1C. The highest BCUT2D eigenvalue weighted by Gasteiger charge is 2.10. The van der Waals surface area contributed by atoms with Gasteiger partial charge in [-0.05, 0) is 59.1 Å². The van der Waals surface area contributed by atoms with Crippen LogP contribution in [0.3, 0.4) is 0 Å². The Balaban J connectivity index is 1.85. The van der Waals surface area contributed by atoms with Gasteiger partial charge in [0.1, 0.15) is 0 Å². The first kappa shape index (κ1) is 17.0. The summed E-state index contributed by atoms with van der Waals surface area (Å²) in [4.78, 5) is 23.8. The number of amides is 2. The minimum atomic E-state index is -0.377. The number of hydrogen-bond acceptors (Lipinski definition) is 3. The Labute approximate surface area is 143 Å². The van der Waals surface area contributed by atoms with E-state index in [1.807, 2.05) is 38.1 Å². The lowest BCUT2D eigenvalue weighted by Gasteiger charge is -2.12. The maximum atomic E-state index is 12.0. The second kappa shape index (κ2) is 7.78. The minimum Gasteiger partial charge on any atom is -0.376 e. The number of carbonyl (C=O) groups excluding carboxylic acids is 2. The molecule has 2 aromatic rings. The van der Waals surface area contributed by atoms with E-state index in [4.69, 9.17) is 0 Å². The summed E-state index contributed by atoms with van der Waals surface area (Å²) in [6.07, 6.45) is 0. The molecule has 2 aromatic carbocycles. The number of halogens is 1. The molecule has 120 valence electrons. The molecule has 0 aromatic heterocycles. The lowest BCUT2D eigenvalue weighted by atomic mass is 10.1. The fourth-order valence-corrected chi connectivity index (χ4v) is 2.47. The van der Waals surface area contributed by atoms with E-state index in [-0.39, 0.29) is 18.4 Å². The highest BCUT2D eigenvalue weighted by Crippen LogP contribution is 2.17. The van der Waals surface area contributed by atoms with Gasteiger partial charge in [-0.2, -0.15) is 0 Å². The normalized spacial score (nSPS) is 10.0. The van der Waals surface area contributed by atoms with Crippen molar-refractivity contribution >= 4 is 33.4 Å². The van der Waals surface area contributed by atoms with Gasteiger partial charge in [-0.25, -0.2) is 0 Å². The van der Waals surface area contributed by atoms with Crippen LogP contribution in [0.25, 0.3) is 0 Å². The number of hydrogen-bond donors (Lipinski definition) is 3. The second-order valence-electron chi connectivity index (χ2n) is 5.08. The van der Waals surface area contributed by atoms with Gasteiger partial charge in [-0.1, -0.05) is 24.3 Å². The number of aryl methyl sites for hydroxylation is 1. The average molecular weight is 376 g/mol. The quantitative estimate of drug-likeness (QED) is 0.719. The Morgan fingerprint density at radius 2 is 1.74 bits per heavy atom. The lowest BCUT2D eigenvalue weighted by molar-refractivity contribution is -0.120. The Hall–Kier alpha value is -2.34. The van der Waals surface area contributed by atoms with Crippen LogP contribution in [-0.2, 0) is 4.79 Å². The predicted molar refractivity (Wildman–Crippen MR) is 94.2 cm³/mol. The topological polar surface area (TPSA) is 70.2 Å². The zero-order valence-electron chi connectivity index (χ0n) is 12.9. The van der Waals surface area contributed by atoms with Crippen molar-refractivity contribution in [2.45, 2.75) is 13.8 Å². The monoisotopic (exact) mass is 375 g/mol. The summed E-state index contributed by atoms with van der Waals surface area (Å²) in [5.41, 5.74) is 8.38. The highest BCUT2D eigenvalue weighted by molar-refractivity contribution is 9.10. The fourth-order valence-electron chi connectivity index (χ4n) is 2.00. The Morgan fingerprint density at radius 1 is 1.00 bits per heavy atom.